The quantitative estimate of drug-likeness (QED) is 0.499. The van der Waals surface area contributed by atoms with E-state index < -0.39 is 11.9 Å². The molecule has 0 saturated heterocycles. The second-order valence-electron chi connectivity index (χ2n) is 6.06. The average molecular weight is 366 g/mol. The van der Waals surface area contributed by atoms with Crippen molar-refractivity contribution in [3.8, 4) is 0 Å². The molecule has 0 radical (unpaired) electrons. The van der Waals surface area contributed by atoms with Crippen LogP contribution in [0.4, 0.5) is 0 Å². The van der Waals surface area contributed by atoms with E-state index >= 15 is 0 Å². The number of imidazole rings is 1. The number of nitrogens with zero attached hydrogens (tertiary/aromatic N) is 2. The van der Waals surface area contributed by atoms with Gasteiger partial charge in [0.05, 0.1) is 11.9 Å². The SMILES string of the molecule is CC(c1ccccc1)n1cc[n+](C(C)c2ccccc2)c1.O=C([O-])C(=O)[O-].[H+]. The van der Waals surface area contributed by atoms with Crippen molar-refractivity contribution in [2.75, 3.05) is 0 Å². The Labute approximate surface area is 159 Å². The fraction of sp³-hybridized carbons (Fsp3) is 0.190. The second kappa shape index (κ2) is 9.33. The van der Waals surface area contributed by atoms with E-state index in [2.05, 4.69) is 102 Å². The van der Waals surface area contributed by atoms with Gasteiger partial charge in [-0.1, -0.05) is 60.7 Å². The highest BCUT2D eigenvalue weighted by atomic mass is 16.4. The standard InChI is InChI=1S/C19H21N2.C2H2O4/c1-16(18-9-5-3-6-10-18)20-13-14-21(15-20)17(2)19-11-7-4-8-12-19;3-1(4)2(5)6/h3-17H,1-2H3;(H,3,4)(H,5,6)/q+1;/p-1. The zero-order valence-electron chi connectivity index (χ0n) is 16.2. The zero-order chi connectivity index (χ0) is 19.8. The molecule has 0 fully saturated rings. The first-order valence-corrected chi connectivity index (χ1v) is 8.50. The normalized spacial score (nSPS) is 12.4. The van der Waals surface area contributed by atoms with Gasteiger partial charge in [0.2, 0.25) is 6.33 Å². The summed E-state index contributed by atoms with van der Waals surface area (Å²) in [6.07, 6.45) is 6.49. The van der Waals surface area contributed by atoms with E-state index in [0.29, 0.717) is 12.1 Å². The highest BCUT2D eigenvalue weighted by Crippen LogP contribution is 2.17. The van der Waals surface area contributed by atoms with Crippen LogP contribution in [0.1, 0.15) is 38.5 Å². The van der Waals surface area contributed by atoms with Crippen LogP contribution in [0.2, 0.25) is 0 Å². The molecule has 0 amide bonds. The summed E-state index contributed by atoms with van der Waals surface area (Å²) in [6, 6.07) is 21.9. The number of rotatable bonds is 4. The number of carboxylic acids is 2. The minimum atomic E-state index is -2.19. The smallest absolute Gasteiger partial charge is 0.543 e. The third kappa shape index (κ3) is 5.54. The Morgan fingerprint density at radius 2 is 1.37 bits per heavy atom. The lowest BCUT2D eigenvalue weighted by atomic mass is 10.1. The first-order valence-electron chi connectivity index (χ1n) is 8.50. The summed E-state index contributed by atoms with van der Waals surface area (Å²) in [7, 11) is 0. The predicted octanol–water partition coefficient (Wildman–Crippen LogP) is 0.593. The highest BCUT2D eigenvalue weighted by Gasteiger charge is 2.17. The van der Waals surface area contributed by atoms with Crippen molar-refractivity contribution in [2.24, 2.45) is 0 Å². The number of benzene rings is 2. The Hall–Kier alpha value is -3.41. The maximum absolute atomic E-state index is 8.93. The van der Waals surface area contributed by atoms with Crippen molar-refractivity contribution in [3.63, 3.8) is 0 Å². The third-order valence-electron chi connectivity index (χ3n) is 4.30. The van der Waals surface area contributed by atoms with Crippen LogP contribution < -0.4 is 14.8 Å². The molecule has 0 aliphatic carbocycles. The summed E-state index contributed by atoms with van der Waals surface area (Å²) < 4.78 is 4.52. The minimum absolute atomic E-state index is 0. The average Bonchev–Trinajstić information content (AvgIpc) is 3.18. The summed E-state index contributed by atoms with van der Waals surface area (Å²) in [5, 5.41) is 17.9. The number of hydrogen-bond donors (Lipinski definition) is 0. The van der Waals surface area contributed by atoms with Crippen LogP contribution in [-0.2, 0) is 9.59 Å². The number of carboxylic acid groups (broad SMARTS) is 2. The van der Waals surface area contributed by atoms with Crippen molar-refractivity contribution in [1.29, 1.82) is 0 Å². The Morgan fingerprint density at radius 3 is 1.85 bits per heavy atom. The zero-order valence-corrected chi connectivity index (χ0v) is 15.2. The minimum Gasteiger partial charge on any atom is -0.543 e. The lowest BCUT2D eigenvalue weighted by Gasteiger charge is -2.09. The summed E-state index contributed by atoms with van der Waals surface area (Å²) >= 11 is 0. The molecular formula is C21H22N2O4. The van der Waals surface area contributed by atoms with E-state index in [1.165, 1.54) is 11.1 Å². The molecule has 0 spiro atoms. The Morgan fingerprint density at radius 1 is 0.889 bits per heavy atom. The molecule has 0 aliphatic heterocycles. The predicted molar refractivity (Wildman–Crippen MR) is 96.3 cm³/mol. The number of carbonyl (C=O) groups excluding carboxylic acids is 2. The molecule has 1 aromatic heterocycles. The second-order valence-corrected chi connectivity index (χ2v) is 6.06. The van der Waals surface area contributed by atoms with E-state index in [-0.39, 0.29) is 1.43 Å². The Bertz CT molecular complexity index is 810. The number of hydrogen-bond acceptors (Lipinski definition) is 4. The molecule has 2 atom stereocenters. The van der Waals surface area contributed by atoms with Gasteiger partial charge >= 0.3 is 1.43 Å². The van der Waals surface area contributed by atoms with Crippen molar-refractivity contribution in [3.05, 3.63) is 90.5 Å². The molecule has 3 rings (SSSR count). The van der Waals surface area contributed by atoms with Crippen molar-refractivity contribution in [1.82, 2.24) is 4.57 Å². The fourth-order valence-corrected chi connectivity index (χ4v) is 2.65. The van der Waals surface area contributed by atoms with Gasteiger partial charge in [-0.05, 0) is 25.0 Å². The van der Waals surface area contributed by atoms with Gasteiger partial charge < -0.3 is 19.8 Å². The number of aliphatic carboxylic acids is 2. The van der Waals surface area contributed by atoms with Crippen LogP contribution in [0.5, 0.6) is 0 Å². The first-order chi connectivity index (χ1) is 12.9. The van der Waals surface area contributed by atoms with E-state index in [1.54, 1.807) is 0 Å². The highest BCUT2D eigenvalue weighted by molar-refractivity contribution is 6.25. The van der Waals surface area contributed by atoms with E-state index in [9.17, 15) is 0 Å². The topological polar surface area (TPSA) is 89.1 Å². The van der Waals surface area contributed by atoms with Gasteiger partial charge in [-0.3, -0.25) is 0 Å². The molecule has 0 bridgehead atoms. The fourth-order valence-electron chi connectivity index (χ4n) is 2.65. The molecule has 0 N–H and O–H groups in total. The molecule has 6 nitrogen and oxygen atoms in total. The molecule has 3 aromatic rings. The summed E-state index contributed by atoms with van der Waals surface area (Å²) in [5.41, 5.74) is 2.65. The molecule has 0 aliphatic rings. The molecule has 27 heavy (non-hydrogen) atoms. The van der Waals surface area contributed by atoms with Crippen molar-refractivity contribution >= 4 is 11.9 Å². The maximum Gasteiger partial charge on any atom is 1.00 e. The Kier molecular flexibility index (Phi) is 6.88. The maximum atomic E-state index is 8.93. The molecule has 2 unspecified atom stereocenters. The molecular weight excluding hydrogens is 344 g/mol. The van der Waals surface area contributed by atoms with Crippen LogP contribution in [-0.4, -0.2) is 16.5 Å². The lowest BCUT2D eigenvalue weighted by molar-refractivity contribution is -0.710. The summed E-state index contributed by atoms with van der Waals surface area (Å²) in [5.74, 6) is -4.37. The van der Waals surface area contributed by atoms with Gasteiger partial charge in [-0.25, -0.2) is 9.13 Å². The Balaban J connectivity index is 0.000000492. The largest absolute Gasteiger partial charge is 1.00 e. The summed E-state index contributed by atoms with van der Waals surface area (Å²) in [6.45, 7) is 4.46. The van der Waals surface area contributed by atoms with Crippen LogP contribution in [0, 0.1) is 0 Å². The third-order valence-corrected chi connectivity index (χ3v) is 4.30. The van der Waals surface area contributed by atoms with Crippen molar-refractivity contribution < 1.29 is 25.8 Å². The monoisotopic (exact) mass is 366 g/mol. The molecule has 2 aromatic carbocycles. The molecule has 0 saturated carbocycles. The molecule has 140 valence electrons. The number of carbonyl (C=O) groups is 2. The van der Waals surface area contributed by atoms with Crippen LogP contribution in [0.25, 0.3) is 0 Å². The van der Waals surface area contributed by atoms with E-state index in [1.807, 2.05) is 0 Å². The lowest BCUT2D eigenvalue weighted by Crippen LogP contribution is -2.42. The summed E-state index contributed by atoms with van der Waals surface area (Å²) in [4.78, 5) is 17.9. The van der Waals surface area contributed by atoms with E-state index in [0.717, 1.165) is 0 Å². The van der Waals surface area contributed by atoms with Crippen LogP contribution in [0.3, 0.4) is 0 Å². The van der Waals surface area contributed by atoms with Gasteiger partial charge in [0.15, 0.2) is 0 Å². The molecule has 1 heterocycles. The van der Waals surface area contributed by atoms with Crippen molar-refractivity contribution in [2.45, 2.75) is 25.9 Å². The van der Waals surface area contributed by atoms with Gasteiger partial charge in [0.25, 0.3) is 0 Å². The van der Waals surface area contributed by atoms with Gasteiger partial charge in [0.1, 0.15) is 24.5 Å². The molecule has 6 heteroatoms. The van der Waals surface area contributed by atoms with Crippen LogP contribution >= 0.6 is 0 Å². The van der Waals surface area contributed by atoms with Gasteiger partial charge in [-0.15, -0.1) is 0 Å². The van der Waals surface area contributed by atoms with Gasteiger partial charge in [-0.2, -0.15) is 0 Å². The van der Waals surface area contributed by atoms with Crippen LogP contribution in [0.15, 0.2) is 79.4 Å². The van der Waals surface area contributed by atoms with Gasteiger partial charge in [0, 0.05) is 0 Å². The number of aromatic nitrogens is 2. The van der Waals surface area contributed by atoms with E-state index in [4.69, 9.17) is 19.8 Å². The first kappa shape index (κ1) is 19.9.